The molecule has 0 unspecified atom stereocenters. The molecule has 1 aliphatic heterocycles. The van der Waals surface area contributed by atoms with Crippen molar-refractivity contribution in [2.24, 2.45) is 0 Å². The molecule has 0 bridgehead atoms. The fourth-order valence-electron chi connectivity index (χ4n) is 4.32. The SMILES string of the molecule is CNC[C@@H](NC(=O)OC(C)(C)C)c1nc(-c2sc3c(N[C@@H]4CCN(C)C[C@@H]4F)cccc3c2SC(F)(F)F)no1. The number of rotatable bonds is 8. The number of ether oxygens (including phenoxy) is 1. The van der Waals surface area contributed by atoms with Gasteiger partial charge in [-0.25, -0.2) is 9.18 Å². The molecule has 3 N–H and O–H groups in total. The van der Waals surface area contributed by atoms with Gasteiger partial charge < -0.3 is 30.1 Å². The maximum Gasteiger partial charge on any atom is 0.446 e. The minimum Gasteiger partial charge on any atom is -0.444 e. The van der Waals surface area contributed by atoms with Gasteiger partial charge in [0.1, 0.15) is 17.8 Å². The first-order valence-corrected chi connectivity index (χ1v) is 14.3. The van der Waals surface area contributed by atoms with E-state index in [0.717, 1.165) is 11.3 Å². The maximum atomic E-state index is 14.7. The number of aromatic nitrogens is 2. The number of thiophene rings is 1. The van der Waals surface area contributed by atoms with Crippen LogP contribution < -0.4 is 16.0 Å². The zero-order valence-corrected chi connectivity index (χ0v) is 24.3. The van der Waals surface area contributed by atoms with E-state index in [9.17, 15) is 22.4 Å². The molecular formula is C25H32F4N6O3S2. The summed E-state index contributed by atoms with van der Waals surface area (Å²) in [5, 5.41) is 13.1. The van der Waals surface area contributed by atoms with Crippen LogP contribution in [0.3, 0.4) is 0 Å². The molecular weight excluding hydrogens is 572 g/mol. The molecule has 15 heteroatoms. The Morgan fingerprint density at radius 3 is 2.73 bits per heavy atom. The fourth-order valence-corrected chi connectivity index (χ4v) is 6.42. The van der Waals surface area contributed by atoms with E-state index in [1.807, 2.05) is 11.9 Å². The summed E-state index contributed by atoms with van der Waals surface area (Å²) in [7, 11) is 3.50. The van der Waals surface area contributed by atoms with Gasteiger partial charge in [-0.15, -0.1) is 11.3 Å². The summed E-state index contributed by atoms with van der Waals surface area (Å²) in [6, 6.07) is 3.69. The highest BCUT2D eigenvalue weighted by atomic mass is 32.2. The van der Waals surface area contributed by atoms with Gasteiger partial charge >= 0.3 is 11.6 Å². The molecule has 0 spiro atoms. The Labute approximate surface area is 237 Å². The number of likely N-dealkylation sites (N-methyl/N-ethyl adjacent to an activating group) is 1. The maximum absolute atomic E-state index is 14.7. The number of carbonyl (C=O) groups excluding carboxylic acids is 1. The first-order valence-electron chi connectivity index (χ1n) is 12.6. The number of nitrogens with zero attached hydrogens (tertiary/aromatic N) is 3. The molecule has 0 saturated carbocycles. The van der Waals surface area contributed by atoms with Crippen LogP contribution in [0, 0.1) is 0 Å². The van der Waals surface area contributed by atoms with Crippen LogP contribution in [0.15, 0.2) is 27.6 Å². The van der Waals surface area contributed by atoms with Gasteiger partial charge in [-0.1, -0.05) is 17.3 Å². The minimum atomic E-state index is -4.58. The number of thioether (sulfide) groups is 1. The van der Waals surface area contributed by atoms with E-state index in [1.165, 1.54) is 0 Å². The summed E-state index contributed by atoms with van der Waals surface area (Å²) in [5.74, 6) is -0.0516. The van der Waals surface area contributed by atoms with Gasteiger partial charge in [-0.3, -0.25) is 0 Å². The monoisotopic (exact) mass is 604 g/mol. The zero-order valence-electron chi connectivity index (χ0n) is 22.7. The fraction of sp³-hybridized carbons (Fsp3) is 0.560. The van der Waals surface area contributed by atoms with Crippen molar-refractivity contribution in [3.05, 3.63) is 24.1 Å². The lowest BCUT2D eigenvalue weighted by Gasteiger charge is -2.33. The van der Waals surface area contributed by atoms with Crippen LogP contribution in [-0.4, -0.2) is 78.2 Å². The third kappa shape index (κ3) is 7.56. The Balaban J connectivity index is 1.70. The second-order valence-corrected chi connectivity index (χ2v) is 12.6. The van der Waals surface area contributed by atoms with Gasteiger partial charge in [0, 0.05) is 29.9 Å². The van der Waals surface area contributed by atoms with Crippen LogP contribution in [0.1, 0.15) is 39.1 Å². The molecule has 2 aromatic heterocycles. The first kappa shape index (κ1) is 30.3. The number of fused-ring (bicyclic) bond motifs is 1. The third-order valence-corrected chi connectivity index (χ3v) is 8.24. The van der Waals surface area contributed by atoms with Crippen molar-refractivity contribution in [3.63, 3.8) is 0 Å². The molecule has 3 atom stereocenters. The van der Waals surface area contributed by atoms with Gasteiger partial charge in [0.05, 0.1) is 21.3 Å². The smallest absolute Gasteiger partial charge is 0.444 e. The van der Waals surface area contributed by atoms with Crippen LogP contribution >= 0.6 is 23.1 Å². The van der Waals surface area contributed by atoms with E-state index >= 15 is 0 Å². The number of nitrogens with one attached hydrogen (secondary N) is 3. The highest BCUT2D eigenvalue weighted by Crippen LogP contribution is 2.50. The lowest BCUT2D eigenvalue weighted by atomic mass is 10.0. The second kappa shape index (κ2) is 12.1. The number of carbonyl (C=O) groups is 1. The van der Waals surface area contributed by atoms with E-state index < -0.39 is 35.5 Å². The highest BCUT2D eigenvalue weighted by molar-refractivity contribution is 8.00. The van der Waals surface area contributed by atoms with Crippen molar-refractivity contribution in [1.82, 2.24) is 25.7 Å². The number of alkyl halides is 4. The third-order valence-electron chi connectivity index (χ3n) is 6.02. The van der Waals surface area contributed by atoms with E-state index in [-0.39, 0.29) is 46.3 Å². The molecule has 1 fully saturated rings. The number of halogens is 4. The molecule has 1 saturated heterocycles. The lowest BCUT2D eigenvalue weighted by molar-refractivity contribution is -0.0327. The number of piperidine rings is 1. The Bertz CT molecular complexity index is 1330. The van der Waals surface area contributed by atoms with Crippen LogP contribution in [-0.2, 0) is 4.74 Å². The normalized spacial score (nSPS) is 19.5. The summed E-state index contributed by atoms with van der Waals surface area (Å²) in [5.41, 5.74) is -4.78. The number of hydrogen-bond donors (Lipinski definition) is 3. The van der Waals surface area contributed by atoms with Crippen molar-refractivity contribution >= 4 is 45.0 Å². The minimum absolute atomic E-state index is 0.000527. The van der Waals surface area contributed by atoms with Crippen molar-refractivity contribution < 1.29 is 31.6 Å². The first-order chi connectivity index (χ1) is 18.7. The highest BCUT2D eigenvalue weighted by Gasteiger charge is 2.35. The average molecular weight is 605 g/mol. The quantitative estimate of drug-likeness (QED) is 0.217. The predicted molar refractivity (Wildman–Crippen MR) is 147 cm³/mol. The van der Waals surface area contributed by atoms with Gasteiger partial charge in [-0.05, 0) is 59.1 Å². The lowest BCUT2D eigenvalue weighted by Crippen LogP contribution is -2.46. The molecule has 3 heterocycles. The summed E-state index contributed by atoms with van der Waals surface area (Å²) in [6.07, 6.45) is -1.28. The van der Waals surface area contributed by atoms with Crippen LogP contribution in [0.2, 0.25) is 0 Å². The predicted octanol–water partition coefficient (Wildman–Crippen LogP) is 5.80. The molecule has 3 aromatic rings. The molecule has 9 nitrogen and oxygen atoms in total. The van der Waals surface area contributed by atoms with Gasteiger partial charge in [0.25, 0.3) is 5.89 Å². The largest absolute Gasteiger partial charge is 0.446 e. The van der Waals surface area contributed by atoms with Gasteiger partial charge in [-0.2, -0.15) is 18.2 Å². The molecule has 1 aromatic carbocycles. The number of likely N-dealkylation sites (tertiary alicyclic amines) is 1. The molecule has 1 amide bonds. The van der Waals surface area contributed by atoms with E-state index in [4.69, 9.17) is 9.26 Å². The van der Waals surface area contributed by atoms with Crippen LogP contribution in [0.5, 0.6) is 0 Å². The molecule has 40 heavy (non-hydrogen) atoms. The van der Waals surface area contributed by atoms with Crippen LogP contribution in [0.4, 0.5) is 28.0 Å². The second-order valence-electron chi connectivity index (χ2n) is 10.5. The number of alkyl carbamates (subject to hydrolysis) is 1. The Morgan fingerprint density at radius 2 is 2.08 bits per heavy atom. The summed E-state index contributed by atoms with van der Waals surface area (Å²) >= 11 is 0.803. The van der Waals surface area contributed by atoms with Gasteiger partial charge in [0.15, 0.2) is 0 Å². The topological polar surface area (TPSA) is 105 Å². The Morgan fingerprint density at radius 1 is 1.32 bits per heavy atom. The van der Waals surface area contributed by atoms with E-state index in [2.05, 4.69) is 26.1 Å². The number of anilines is 1. The zero-order chi connectivity index (χ0) is 29.2. The van der Waals surface area contributed by atoms with Gasteiger partial charge in [0.2, 0.25) is 5.82 Å². The van der Waals surface area contributed by atoms with E-state index in [0.29, 0.717) is 28.7 Å². The Kier molecular flexibility index (Phi) is 9.17. The standard InChI is InChI=1S/C25H32F4N6O3S2/c1-24(2,3)37-23(36)32-17(11-30-4)22-33-21(34-38-22)20-19(40-25(27,28)29)13-7-6-8-16(18(13)39-20)31-15-9-10-35(5)12-14(15)26/h6-8,14-15,17,30-31H,9-12H2,1-5H3,(H,32,36)/t14-,15+,17+/m0/s1. The van der Waals surface area contributed by atoms with Crippen molar-refractivity contribution in [3.8, 4) is 10.7 Å². The van der Waals surface area contributed by atoms with Crippen molar-refractivity contribution in [2.75, 3.05) is 39.0 Å². The molecule has 220 valence electrons. The van der Waals surface area contributed by atoms with Crippen molar-refractivity contribution in [1.29, 1.82) is 0 Å². The molecule has 4 rings (SSSR count). The summed E-state index contributed by atoms with van der Waals surface area (Å²) in [6.45, 7) is 6.33. The molecule has 0 radical (unpaired) electrons. The summed E-state index contributed by atoms with van der Waals surface area (Å²) in [4.78, 5) is 18.7. The number of hydrogen-bond acceptors (Lipinski definition) is 10. The Hall–Kier alpha value is -2.62. The van der Waals surface area contributed by atoms with Crippen molar-refractivity contribution in [2.45, 2.75) is 61.5 Å². The number of amides is 1. The molecule has 0 aliphatic carbocycles. The van der Waals surface area contributed by atoms with Crippen LogP contribution in [0.25, 0.3) is 20.8 Å². The summed E-state index contributed by atoms with van der Waals surface area (Å²) < 4.78 is 67.0. The average Bonchev–Trinajstić information content (AvgIpc) is 3.44. The molecule has 1 aliphatic rings. The van der Waals surface area contributed by atoms with E-state index in [1.54, 1.807) is 46.0 Å². The number of benzene rings is 1.